The van der Waals surface area contributed by atoms with Crippen molar-refractivity contribution in [1.29, 1.82) is 0 Å². The normalized spacial score (nSPS) is 11.9. The highest BCUT2D eigenvalue weighted by molar-refractivity contribution is 7.80. The van der Waals surface area contributed by atoms with Crippen LogP contribution >= 0.6 is 12.2 Å². The van der Waals surface area contributed by atoms with Crippen molar-refractivity contribution in [1.82, 2.24) is 5.32 Å². The third-order valence-corrected chi connectivity index (χ3v) is 3.26. The van der Waals surface area contributed by atoms with Gasteiger partial charge in [0.2, 0.25) is 0 Å². The summed E-state index contributed by atoms with van der Waals surface area (Å²) in [5.41, 5.74) is 5.19. The molecule has 0 aliphatic heterocycles. The minimum Gasteiger partial charge on any atom is -0.406 e. The number of hydrogen-bond acceptors (Lipinski definition) is 3. The topological polar surface area (TPSA) is 64.3 Å². The third-order valence-electron chi connectivity index (χ3n) is 2.71. The molecule has 0 saturated heterocycles. The van der Waals surface area contributed by atoms with Crippen molar-refractivity contribution in [3.63, 3.8) is 0 Å². The fraction of sp³-hybridized carbons (Fsp3) is 0.385. The molecule has 1 amide bonds. The van der Waals surface area contributed by atoms with E-state index in [1.807, 2.05) is 0 Å². The van der Waals surface area contributed by atoms with Crippen LogP contribution < -0.4 is 15.8 Å². The molecule has 0 fully saturated rings. The number of halogens is 3. The largest absolute Gasteiger partial charge is 0.573 e. The minimum absolute atomic E-state index is 0.211. The molecular formula is C13H15F3N2O2S. The number of hydrogen-bond donors (Lipinski definition) is 2. The first-order valence-electron chi connectivity index (χ1n) is 5.95. The molecule has 0 atom stereocenters. The number of benzene rings is 1. The Bertz CT molecular complexity index is 527. The number of rotatable bonds is 5. The molecule has 0 saturated carbocycles. The number of nitrogens with one attached hydrogen (secondary N) is 1. The van der Waals surface area contributed by atoms with E-state index in [0.29, 0.717) is 0 Å². The van der Waals surface area contributed by atoms with Crippen molar-refractivity contribution in [3.05, 3.63) is 29.8 Å². The summed E-state index contributed by atoms with van der Waals surface area (Å²) < 4.78 is 39.7. The Labute approximate surface area is 125 Å². The Morgan fingerprint density at radius 3 is 2.24 bits per heavy atom. The summed E-state index contributed by atoms with van der Waals surface area (Å²) >= 11 is 4.87. The second-order valence-electron chi connectivity index (χ2n) is 5.00. The zero-order valence-corrected chi connectivity index (χ0v) is 12.3. The smallest absolute Gasteiger partial charge is 0.406 e. The van der Waals surface area contributed by atoms with E-state index in [4.69, 9.17) is 18.0 Å². The standard InChI is InChI=1S/C13H15F3N2O2S/c1-12(2,11(17)21)7-18-10(19)8-3-5-9(6-4-8)20-13(14,15)16/h3-6H,7H2,1-2H3,(H2,17,21)(H,18,19). The summed E-state index contributed by atoms with van der Waals surface area (Å²) in [6, 6.07) is 4.62. The van der Waals surface area contributed by atoms with Gasteiger partial charge in [0.1, 0.15) is 5.75 Å². The molecule has 0 spiro atoms. The van der Waals surface area contributed by atoms with Crippen LogP contribution in [-0.4, -0.2) is 23.8 Å². The number of ether oxygens (including phenoxy) is 1. The molecule has 0 unspecified atom stereocenters. The summed E-state index contributed by atoms with van der Waals surface area (Å²) in [6.45, 7) is 3.77. The molecule has 0 heterocycles. The molecule has 0 radical (unpaired) electrons. The average Bonchev–Trinajstić information content (AvgIpc) is 2.35. The van der Waals surface area contributed by atoms with Gasteiger partial charge in [-0.05, 0) is 24.3 Å². The molecule has 1 aromatic rings. The second-order valence-corrected chi connectivity index (χ2v) is 5.44. The molecule has 0 aromatic heterocycles. The number of thiocarbonyl (C=S) groups is 1. The maximum atomic E-state index is 12.0. The van der Waals surface area contributed by atoms with Gasteiger partial charge in [-0.15, -0.1) is 13.2 Å². The summed E-state index contributed by atoms with van der Waals surface area (Å²) in [7, 11) is 0. The number of carbonyl (C=O) groups is 1. The molecule has 21 heavy (non-hydrogen) atoms. The first kappa shape index (κ1) is 17.2. The summed E-state index contributed by atoms with van der Waals surface area (Å²) in [4.78, 5) is 12.1. The molecule has 0 aliphatic carbocycles. The van der Waals surface area contributed by atoms with Gasteiger partial charge in [0.15, 0.2) is 0 Å². The molecule has 8 heteroatoms. The highest BCUT2D eigenvalue weighted by atomic mass is 32.1. The monoisotopic (exact) mass is 320 g/mol. The maximum absolute atomic E-state index is 12.0. The highest BCUT2D eigenvalue weighted by Crippen LogP contribution is 2.22. The van der Waals surface area contributed by atoms with E-state index in [0.717, 1.165) is 12.1 Å². The van der Waals surface area contributed by atoms with E-state index < -0.39 is 17.7 Å². The van der Waals surface area contributed by atoms with Gasteiger partial charge in [-0.1, -0.05) is 26.1 Å². The molecular weight excluding hydrogens is 305 g/mol. The predicted molar refractivity (Wildman–Crippen MR) is 76.0 cm³/mol. The molecule has 0 bridgehead atoms. The van der Waals surface area contributed by atoms with Crippen LogP contribution in [0.3, 0.4) is 0 Å². The first-order valence-corrected chi connectivity index (χ1v) is 6.36. The van der Waals surface area contributed by atoms with Gasteiger partial charge in [0.05, 0.1) is 4.99 Å². The molecule has 116 valence electrons. The van der Waals surface area contributed by atoms with Crippen LogP contribution in [0.2, 0.25) is 0 Å². The number of nitrogens with two attached hydrogens (primary N) is 1. The number of carbonyl (C=O) groups excluding carboxylic acids is 1. The predicted octanol–water partition coefficient (Wildman–Crippen LogP) is 2.63. The van der Waals surface area contributed by atoms with E-state index in [2.05, 4.69) is 10.1 Å². The molecule has 0 aliphatic rings. The quantitative estimate of drug-likeness (QED) is 0.819. The van der Waals surface area contributed by atoms with Gasteiger partial charge in [-0.3, -0.25) is 4.79 Å². The number of alkyl halides is 3. The Balaban J connectivity index is 2.66. The van der Waals surface area contributed by atoms with Gasteiger partial charge in [0, 0.05) is 17.5 Å². The Hall–Kier alpha value is -1.83. The van der Waals surface area contributed by atoms with Crippen molar-refractivity contribution >= 4 is 23.1 Å². The van der Waals surface area contributed by atoms with Crippen molar-refractivity contribution in [3.8, 4) is 5.75 Å². The van der Waals surface area contributed by atoms with Crippen LogP contribution in [0.5, 0.6) is 5.75 Å². The lowest BCUT2D eigenvalue weighted by Gasteiger charge is -2.23. The lowest BCUT2D eigenvalue weighted by Crippen LogP contribution is -2.41. The summed E-state index contributed by atoms with van der Waals surface area (Å²) in [6.07, 6.45) is -4.76. The Kier molecular flexibility index (Phi) is 5.16. The molecule has 1 rings (SSSR count). The van der Waals surface area contributed by atoms with Crippen molar-refractivity contribution < 1.29 is 22.7 Å². The van der Waals surface area contributed by atoms with Crippen molar-refractivity contribution in [2.75, 3.05) is 6.54 Å². The van der Waals surface area contributed by atoms with Crippen LogP contribution in [0, 0.1) is 5.41 Å². The van der Waals surface area contributed by atoms with Crippen molar-refractivity contribution in [2.24, 2.45) is 11.1 Å². The average molecular weight is 320 g/mol. The zero-order valence-electron chi connectivity index (χ0n) is 11.5. The van der Waals surface area contributed by atoms with E-state index in [1.165, 1.54) is 12.1 Å². The lowest BCUT2D eigenvalue weighted by molar-refractivity contribution is -0.274. The van der Waals surface area contributed by atoms with E-state index in [-0.39, 0.29) is 22.8 Å². The molecule has 4 nitrogen and oxygen atoms in total. The zero-order chi connectivity index (χ0) is 16.3. The first-order chi connectivity index (χ1) is 9.51. The molecule has 1 aromatic carbocycles. The fourth-order valence-corrected chi connectivity index (χ4v) is 1.37. The highest BCUT2D eigenvalue weighted by Gasteiger charge is 2.31. The minimum atomic E-state index is -4.76. The van der Waals surface area contributed by atoms with E-state index in [1.54, 1.807) is 13.8 Å². The van der Waals surface area contributed by atoms with Crippen LogP contribution in [0.1, 0.15) is 24.2 Å². The van der Waals surface area contributed by atoms with Crippen LogP contribution in [0.25, 0.3) is 0 Å². The Morgan fingerprint density at radius 1 is 1.29 bits per heavy atom. The van der Waals surface area contributed by atoms with Crippen LogP contribution in [-0.2, 0) is 0 Å². The third kappa shape index (κ3) is 5.58. The van der Waals surface area contributed by atoms with Gasteiger partial charge >= 0.3 is 6.36 Å². The summed E-state index contributed by atoms with van der Waals surface area (Å²) in [5.74, 6) is -0.819. The number of amides is 1. The van der Waals surface area contributed by atoms with Crippen LogP contribution in [0.15, 0.2) is 24.3 Å². The van der Waals surface area contributed by atoms with Gasteiger partial charge in [-0.25, -0.2) is 0 Å². The Morgan fingerprint density at radius 2 is 1.81 bits per heavy atom. The second kappa shape index (κ2) is 6.30. The maximum Gasteiger partial charge on any atom is 0.573 e. The SMILES string of the molecule is CC(C)(CNC(=O)c1ccc(OC(F)(F)F)cc1)C(N)=S. The molecule has 3 N–H and O–H groups in total. The summed E-state index contributed by atoms with van der Waals surface area (Å²) in [5, 5.41) is 2.62. The lowest BCUT2D eigenvalue weighted by atomic mass is 9.93. The van der Waals surface area contributed by atoms with E-state index in [9.17, 15) is 18.0 Å². The fourth-order valence-electron chi connectivity index (χ4n) is 1.30. The van der Waals surface area contributed by atoms with E-state index >= 15 is 0 Å². The van der Waals surface area contributed by atoms with Gasteiger partial charge in [0.25, 0.3) is 5.91 Å². The van der Waals surface area contributed by atoms with Crippen molar-refractivity contribution in [2.45, 2.75) is 20.2 Å². The van der Waals surface area contributed by atoms with Crippen LogP contribution in [0.4, 0.5) is 13.2 Å². The van der Waals surface area contributed by atoms with Gasteiger partial charge < -0.3 is 15.8 Å². The van der Waals surface area contributed by atoms with Gasteiger partial charge in [-0.2, -0.15) is 0 Å².